The Labute approximate surface area is 167 Å². The van der Waals surface area contributed by atoms with E-state index in [2.05, 4.69) is 79.2 Å². The van der Waals surface area contributed by atoms with Crippen LogP contribution in [-0.4, -0.2) is 23.4 Å². The molecule has 0 unspecified atom stereocenters. The summed E-state index contributed by atoms with van der Waals surface area (Å²) in [6.45, 7) is 6.95. The Bertz CT molecular complexity index is 604. The van der Waals surface area contributed by atoms with E-state index in [1.807, 2.05) is 0 Å². The van der Waals surface area contributed by atoms with Gasteiger partial charge < -0.3 is 0 Å². The zero-order chi connectivity index (χ0) is 19.2. The quantitative estimate of drug-likeness (QED) is 0.272. The Morgan fingerprint density at radius 2 is 1.19 bits per heavy atom. The number of hydrogen-bond donors (Lipinski definition) is 0. The van der Waals surface area contributed by atoms with E-state index in [-0.39, 0.29) is 0 Å². The molecular formula is C26H38N+. The van der Waals surface area contributed by atoms with Gasteiger partial charge in [0.05, 0.1) is 0 Å². The molecule has 0 spiro atoms. The molecule has 0 fully saturated rings. The molecule has 0 aromatic rings. The summed E-state index contributed by atoms with van der Waals surface area (Å²) in [6.07, 6.45) is 34.0. The first kappa shape index (κ1) is 21.4. The van der Waals surface area contributed by atoms with Gasteiger partial charge in [-0.05, 0) is 42.6 Å². The predicted octanol–water partition coefficient (Wildman–Crippen LogP) is 7.10. The van der Waals surface area contributed by atoms with Crippen LogP contribution in [0.25, 0.3) is 0 Å². The Morgan fingerprint density at radius 1 is 0.667 bits per heavy atom. The maximum Gasteiger partial charge on any atom is 0.199 e. The van der Waals surface area contributed by atoms with Gasteiger partial charge in [0.1, 0.15) is 13.1 Å². The van der Waals surface area contributed by atoms with E-state index in [0.29, 0.717) is 0 Å². The van der Waals surface area contributed by atoms with Crippen LogP contribution in [0.5, 0.6) is 0 Å². The smallest absolute Gasteiger partial charge is 0.199 e. The van der Waals surface area contributed by atoms with Crippen LogP contribution in [-0.2, 0) is 0 Å². The summed E-state index contributed by atoms with van der Waals surface area (Å²) in [5.41, 5.74) is 3.93. The molecule has 1 nitrogen and oxygen atoms in total. The van der Waals surface area contributed by atoms with E-state index in [1.165, 1.54) is 81.3 Å². The van der Waals surface area contributed by atoms with Crippen molar-refractivity contribution >= 4 is 5.71 Å². The van der Waals surface area contributed by atoms with Crippen molar-refractivity contribution in [2.75, 3.05) is 13.1 Å². The first-order valence-corrected chi connectivity index (χ1v) is 11.1. The molecule has 0 saturated carbocycles. The molecule has 0 aliphatic heterocycles. The topological polar surface area (TPSA) is 3.01 Å². The molecule has 0 heterocycles. The Morgan fingerprint density at radius 3 is 1.70 bits per heavy atom. The lowest BCUT2D eigenvalue weighted by molar-refractivity contribution is -0.527. The number of unbranched alkanes of at least 4 members (excludes halogenated alkanes) is 6. The summed E-state index contributed by atoms with van der Waals surface area (Å²) in [5.74, 6) is 0. The minimum Gasteiger partial charge on any atom is -0.230 e. The molecule has 146 valence electrons. The van der Waals surface area contributed by atoms with Crippen molar-refractivity contribution in [1.82, 2.24) is 0 Å². The molecule has 0 bridgehead atoms. The van der Waals surface area contributed by atoms with Gasteiger partial charge in [-0.25, -0.2) is 4.58 Å². The van der Waals surface area contributed by atoms with Crippen molar-refractivity contribution in [2.24, 2.45) is 0 Å². The highest BCUT2D eigenvalue weighted by Crippen LogP contribution is 2.12. The molecule has 1 heteroatoms. The normalized spacial score (nSPS) is 15.6. The molecule has 2 aliphatic carbocycles. The van der Waals surface area contributed by atoms with Gasteiger partial charge >= 0.3 is 0 Å². The van der Waals surface area contributed by atoms with Crippen molar-refractivity contribution in [3.05, 3.63) is 71.9 Å². The average Bonchev–Trinajstić information content (AvgIpc) is 2.72. The Kier molecular flexibility index (Phi) is 10.6. The zero-order valence-corrected chi connectivity index (χ0v) is 17.5. The van der Waals surface area contributed by atoms with Crippen LogP contribution in [0.15, 0.2) is 71.9 Å². The highest BCUT2D eigenvalue weighted by atomic mass is 15.0. The second-order valence-electron chi connectivity index (χ2n) is 7.57. The molecule has 0 atom stereocenters. The molecule has 0 aromatic heterocycles. The molecule has 0 N–H and O–H groups in total. The van der Waals surface area contributed by atoms with Gasteiger partial charge in [0.2, 0.25) is 0 Å². The summed E-state index contributed by atoms with van der Waals surface area (Å²) >= 11 is 0. The van der Waals surface area contributed by atoms with Crippen LogP contribution < -0.4 is 0 Å². The lowest BCUT2D eigenvalue weighted by Crippen LogP contribution is -2.22. The van der Waals surface area contributed by atoms with Crippen LogP contribution in [0.3, 0.4) is 0 Å². The largest absolute Gasteiger partial charge is 0.230 e. The summed E-state index contributed by atoms with van der Waals surface area (Å²) in [5, 5.41) is 0. The summed E-state index contributed by atoms with van der Waals surface area (Å²) in [4.78, 5) is 0. The fraction of sp³-hybridized carbons (Fsp3) is 0.500. The SMILES string of the molecule is CCCCCC[N+](CCCCCC)=C1C=CC(=CC=C2C=CCC=C2)C=C1. The van der Waals surface area contributed by atoms with Crippen molar-refractivity contribution < 1.29 is 4.58 Å². The van der Waals surface area contributed by atoms with Gasteiger partial charge in [-0.1, -0.05) is 76.0 Å². The van der Waals surface area contributed by atoms with E-state index in [9.17, 15) is 0 Å². The van der Waals surface area contributed by atoms with Gasteiger partial charge in [-0.3, -0.25) is 0 Å². The third kappa shape index (κ3) is 8.56. The lowest BCUT2D eigenvalue weighted by atomic mass is 10.0. The standard InChI is InChI=1S/C26H38N/c1-3-5-7-12-22-27(23-13-8-6-4-2)26-20-18-25(19-21-26)17-16-24-14-10-9-11-15-24/h10-11,14-21H,3-9,12-13,22-23H2,1-2H3/q+1. The van der Waals surface area contributed by atoms with Crippen LogP contribution >= 0.6 is 0 Å². The molecule has 2 rings (SSSR count). The van der Waals surface area contributed by atoms with E-state index >= 15 is 0 Å². The van der Waals surface area contributed by atoms with Crippen LogP contribution in [0.4, 0.5) is 0 Å². The Balaban J connectivity index is 1.99. The van der Waals surface area contributed by atoms with Crippen molar-refractivity contribution in [3.63, 3.8) is 0 Å². The first-order chi connectivity index (χ1) is 13.3. The first-order valence-electron chi connectivity index (χ1n) is 11.1. The summed E-state index contributed by atoms with van der Waals surface area (Å²) in [6, 6.07) is 0. The molecule has 0 radical (unpaired) electrons. The van der Waals surface area contributed by atoms with Crippen molar-refractivity contribution in [2.45, 2.75) is 71.6 Å². The Hall–Kier alpha value is -1.89. The van der Waals surface area contributed by atoms with Gasteiger partial charge in [-0.2, -0.15) is 0 Å². The van der Waals surface area contributed by atoms with Gasteiger partial charge in [0.25, 0.3) is 0 Å². The van der Waals surface area contributed by atoms with Crippen molar-refractivity contribution in [1.29, 1.82) is 0 Å². The lowest BCUT2D eigenvalue weighted by Gasteiger charge is -2.09. The number of nitrogens with zero attached hydrogens (tertiary/aromatic N) is 1. The molecular weight excluding hydrogens is 326 g/mol. The summed E-state index contributed by atoms with van der Waals surface area (Å²) in [7, 11) is 0. The van der Waals surface area contributed by atoms with E-state index in [0.717, 1.165) is 6.42 Å². The van der Waals surface area contributed by atoms with E-state index in [1.54, 1.807) is 0 Å². The second kappa shape index (κ2) is 13.3. The number of allylic oxidation sites excluding steroid dienone is 12. The fourth-order valence-electron chi connectivity index (χ4n) is 3.47. The predicted molar refractivity (Wildman–Crippen MR) is 121 cm³/mol. The monoisotopic (exact) mass is 364 g/mol. The van der Waals surface area contributed by atoms with Gasteiger partial charge in [0.15, 0.2) is 5.71 Å². The maximum absolute atomic E-state index is 2.60. The molecule has 0 saturated heterocycles. The number of rotatable bonds is 11. The third-order valence-corrected chi connectivity index (χ3v) is 5.18. The zero-order valence-electron chi connectivity index (χ0n) is 17.5. The molecule has 0 aromatic carbocycles. The van der Waals surface area contributed by atoms with Crippen molar-refractivity contribution in [3.8, 4) is 0 Å². The van der Waals surface area contributed by atoms with Gasteiger partial charge in [0, 0.05) is 25.0 Å². The van der Waals surface area contributed by atoms with Crippen LogP contribution in [0.1, 0.15) is 71.6 Å². The van der Waals surface area contributed by atoms with E-state index < -0.39 is 0 Å². The highest BCUT2D eigenvalue weighted by Gasteiger charge is 2.12. The average molecular weight is 365 g/mol. The second-order valence-corrected chi connectivity index (χ2v) is 7.57. The minimum atomic E-state index is 1.05. The third-order valence-electron chi connectivity index (χ3n) is 5.18. The fourth-order valence-corrected chi connectivity index (χ4v) is 3.47. The molecule has 2 aliphatic rings. The van der Waals surface area contributed by atoms with Crippen LogP contribution in [0.2, 0.25) is 0 Å². The van der Waals surface area contributed by atoms with E-state index in [4.69, 9.17) is 0 Å². The minimum absolute atomic E-state index is 1.05. The molecule has 27 heavy (non-hydrogen) atoms. The van der Waals surface area contributed by atoms with Gasteiger partial charge in [-0.15, -0.1) is 0 Å². The maximum atomic E-state index is 2.60. The highest BCUT2D eigenvalue weighted by molar-refractivity contribution is 6.02. The number of hydrogen-bond acceptors (Lipinski definition) is 0. The summed E-state index contributed by atoms with van der Waals surface area (Å²) < 4.78 is 2.60. The molecule has 0 amide bonds. The van der Waals surface area contributed by atoms with Crippen LogP contribution in [0, 0.1) is 0 Å².